The maximum atomic E-state index is 11.3. The van der Waals surface area contributed by atoms with Crippen LogP contribution in [-0.4, -0.2) is 33.7 Å². The Labute approximate surface area is 109 Å². The van der Waals surface area contributed by atoms with Crippen molar-refractivity contribution in [2.45, 2.75) is 46.1 Å². The minimum atomic E-state index is 0.189. The molecule has 0 unspecified atom stereocenters. The van der Waals surface area contributed by atoms with Gasteiger partial charge in [-0.05, 0) is 30.7 Å². The van der Waals surface area contributed by atoms with E-state index in [1.165, 1.54) is 5.56 Å². The third-order valence-corrected chi connectivity index (χ3v) is 3.58. The van der Waals surface area contributed by atoms with Crippen molar-refractivity contribution in [3.05, 3.63) is 18.0 Å². The lowest BCUT2D eigenvalue weighted by atomic mass is 10.0. The zero-order valence-corrected chi connectivity index (χ0v) is 11.6. The van der Waals surface area contributed by atoms with Crippen LogP contribution in [0.4, 0.5) is 0 Å². The molecule has 4 heteroatoms. The first-order chi connectivity index (χ1) is 8.56. The molecule has 1 aromatic heterocycles. The van der Waals surface area contributed by atoms with Gasteiger partial charge in [-0.15, -0.1) is 0 Å². The number of carbonyl (C=O) groups is 1. The zero-order chi connectivity index (χ0) is 13.1. The van der Waals surface area contributed by atoms with Gasteiger partial charge in [-0.1, -0.05) is 13.8 Å². The third-order valence-electron chi connectivity index (χ3n) is 3.58. The number of piperidine rings is 1. The second kappa shape index (κ2) is 5.55. The van der Waals surface area contributed by atoms with Crippen molar-refractivity contribution in [2.24, 2.45) is 5.92 Å². The summed E-state index contributed by atoms with van der Waals surface area (Å²) in [6.45, 7) is 7.82. The van der Waals surface area contributed by atoms with Gasteiger partial charge >= 0.3 is 0 Å². The lowest BCUT2D eigenvalue weighted by molar-refractivity contribution is -0.130. The van der Waals surface area contributed by atoms with Crippen molar-refractivity contribution in [1.82, 2.24) is 14.7 Å². The van der Waals surface area contributed by atoms with Crippen LogP contribution in [0.5, 0.6) is 0 Å². The number of carbonyl (C=O) groups excluding carboxylic acids is 1. The molecule has 1 saturated heterocycles. The summed E-state index contributed by atoms with van der Waals surface area (Å²) >= 11 is 0. The summed E-state index contributed by atoms with van der Waals surface area (Å²) in [7, 11) is 0. The predicted octanol–water partition coefficient (Wildman–Crippen LogP) is 2.27. The van der Waals surface area contributed by atoms with E-state index in [9.17, 15) is 4.79 Å². The summed E-state index contributed by atoms with van der Waals surface area (Å²) in [6, 6.07) is 0.460. The predicted molar refractivity (Wildman–Crippen MR) is 71.3 cm³/mol. The van der Waals surface area contributed by atoms with Crippen LogP contribution < -0.4 is 0 Å². The second-order valence-electron chi connectivity index (χ2n) is 5.66. The summed E-state index contributed by atoms with van der Waals surface area (Å²) in [5, 5.41) is 4.48. The Bertz CT molecular complexity index is 403. The van der Waals surface area contributed by atoms with Gasteiger partial charge in [0, 0.05) is 26.2 Å². The van der Waals surface area contributed by atoms with Crippen molar-refractivity contribution in [1.29, 1.82) is 0 Å². The molecule has 1 fully saturated rings. The lowest BCUT2D eigenvalue weighted by Crippen LogP contribution is -2.37. The molecule has 0 bridgehead atoms. The first kappa shape index (κ1) is 13.1. The van der Waals surface area contributed by atoms with Gasteiger partial charge < -0.3 is 4.90 Å². The average molecular weight is 249 g/mol. The van der Waals surface area contributed by atoms with E-state index >= 15 is 0 Å². The highest BCUT2D eigenvalue weighted by molar-refractivity contribution is 5.73. The molecule has 0 N–H and O–H groups in total. The van der Waals surface area contributed by atoms with E-state index in [0.29, 0.717) is 12.0 Å². The molecule has 1 aliphatic rings. The van der Waals surface area contributed by atoms with Gasteiger partial charge in [-0.25, -0.2) is 0 Å². The number of hydrogen-bond donors (Lipinski definition) is 0. The molecular formula is C14H23N3O. The normalized spacial score (nSPS) is 17.4. The molecule has 0 saturated carbocycles. The van der Waals surface area contributed by atoms with E-state index in [1.807, 2.05) is 11.1 Å². The standard InChI is InChI=1S/C14H23N3O/c1-11(2)8-13-9-15-17(10-13)14-4-6-16(7-5-14)12(3)18/h9-11,14H,4-8H2,1-3H3. The number of nitrogens with zero attached hydrogens (tertiary/aromatic N) is 3. The van der Waals surface area contributed by atoms with Gasteiger partial charge in [0.15, 0.2) is 0 Å². The Morgan fingerprint density at radius 3 is 2.67 bits per heavy atom. The number of rotatable bonds is 3. The summed E-state index contributed by atoms with van der Waals surface area (Å²) in [5.41, 5.74) is 1.32. The third kappa shape index (κ3) is 3.12. The van der Waals surface area contributed by atoms with E-state index < -0.39 is 0 Å². The van der Waals surface area contributed by atoms with Crippen LogP contribution in [0.1, 0.15) is 45.2 Å². The van der Waals surface area contributed by atoms with Crippen molar-refractivity contribution in [3.63, 3.8) is 0 Å². The van der Waals surface area contributed by atoms with Crippen LogP contribution in [-0.2, 0) is 11.2 Å². The Kier molecular flexibility index (Phi) is 4.04. The highest BCUT2D eigenvalue weighted by Crippen LogP contribution is 2.22. The molecule has 0 aromatic carbocycles. The summed E-state index contributed by atoms with van der Waals surface area (Å²) in [6.07, 6.45) is 7.28. The molecule has 1 aliphatic heterocycles. The minimum Gasteiger partial charge on any atom is -0.343 e. The lowest BCUT2D eigenvalue weighted by Gasteiger charge is -2.31. The number of aromatic nitrogens is 2. The van der Waals surface area contributed by atoms with E-state index in [2.05, 4.69) is 29.8 Å². The van der Waals surface area contributed by atoms with E-state index in [4.69, 9.17) is 0 Å². The van der Waals surface area contributed by atoms with Crippen molar-refractivity contribution < 1.29 is 4.79 Å². The van der Waals surface area contributed by atoms with E-state index in [1.54, 1.807) is 6.92 Å². The van der Waals surface area contributed by atoms with Crippen LogP contribution in [0.25, 0.3) is 0 Å². The second-order valence-corrected chi connectivity index (χ2v) is 5.66. The number of amides is 1. The summed E-state index contributed by atoms with van der Waals surface area (Å²) < 4.78 is 2.09. The minimum absolute atomic E-state index is 0.189. The fourth-order valence-electron chi connectivity index (χ4n) is 2.60. The molecule has 4 nitrogen and oxygen atoms in total. The number of likely N-dealkylation sites (tertiary alicyclic amines) is 1. The van der Waals surface area contributed by atoms with Crippen LogP contribution in [0, 0.1) is 5.92 Å². The maximum absolute atomic E-state index is 11.3. The maximum Gasteiger partial charge on any atom is 0.219 e. The van der Waals surface area contributed by atoms with Crippen LogP contribution in [0.15, 0.2) is 12.4 Å². The SMILES string of the molecule is CC(=O)N1CCC(n2cc(CC(C)C)cn2)CC1. The fourth-order valence-corrected chi connectivity index (χ4v) is 2.60. The Hall–Kier alpha value is -1.32. The highest BCUT2D eigenvalue weighted by atomic mass is 16.2. The van der Waals surface area contributed by atoms with E-state index in [0.717, 1.165) is 32.4 Å². The van der Waals surface area contributed by atoms with Crippen LogP contribution in [0.2, 0.25) is 0 Å². The quantitative estimate of drug-likeness (QED) is 0.824. The average Bonchev–Trinajstić information content (AvgIpc) is 2.76. The molecule has 0 radical (unpaired) electrons. The molecule has 2 heterocycles. The smallest absolute Gasteiger partial charge is 0.219 e. The first-order valence-electron chi connectivity index (χ1n) is 6.85. The van der Waals surface area contributed by atoms with Gasteiger partial charge in [0.2, 0.25) is 5.91 Å². The Balaban J connectivity index is 1.93. The van der Waals surface area contributed by atoms with Gasteiger partial charge in [0.05, 0.1) is 12.2 Å². The number of hydrogen-bond acceptors (Lipinski definition) is 2. The Morgan fingerprint density at radius 1 is 1.44 bits per heavy atom. The Morgan fingerprint density at radius 2 is 2.11 bits per heavy atom. The molecule has 18 heavy (non-hydrogen) atoms. The largest absolute Gasteiger partial charge is 0.343 e. The molecule has 2 rings (SSSR count). The fraction of sp³-hybridized carbons (Fsp3) is 0.714. The topological polar surface area (TPSA) is 38.1 Å². The van der Waals surface area contributed by atoms with Gasteiger partial charge in [-0.3, -0.25) is 9.48 Å². The van der Waals surface area contributed by atoms with Gasteiger partial charge in [-0.2, -0.15) is 5.10 Å². The molecule has 0 aliphatic carbocycles. The van der Waals surface area contributed by atoms with Crippen LogP contribution in [0.3, 0.4) is 0 Å². The molecule has 100 valence electrons. The van der Waals surface area contributed by atoms with Gasteiger partial charge in [0.25, 0.3) is 0 Å². The van der Waals surface area contributed by atoms with Gasteiger partial charge in [0.1, 0.15) is 0 Å². The van der Waals surface area contributed by atoms with Crippen molar-refractivity contribution in [2.75, 3.05) is 13.1 Å². The molecular weight excluding hydrogens is 226 g/mol. The monoisotopic (exact) mass is 249 g/mol. The first-order valence-corrected chi connectivity index (χ1v) is 6.85. The van der Waals surface area contributed by atoms with Crippen LogP contribution >= 0.6 is 0 Å². The zero-order valence-electron chi connectivity index (χ0n) is 11.6. The highest BCUT2D eigenvalue weighted by Gasteiger charge is 2.22. The molecule has 0 spiro atoms. The van der Waals surface area contributed by atoms with Crippen molar-refractivity contribution in [3.8, 4) is 0 Å². The summed E-state index contributed by atoms with van der Waals surface area (Å²) in [5.74, 6) is 0.858. The van der Waals surface area contributed by atoms with E-state index in [-0.39, 0.29) is 5.91 Å². The molecule has 1 aromatic rings. The van der Waals surface area contributed by atoms with Crippen molar-refractivity contribution >= 4 is 5.91 Å². The summed E-state index contributed by atoms with van der Waals surface area (Å²) in [4.78, 5) is 13.2. The molecule has 1 amide bonds. The molecule has 0 atom stereocenters.